The van der Waals surface area contributed by atoms with Gasteiger partial charge in [0.1, 0.15) is 11.6 Å². The molecule has 0 saturated carbocycles. The number of nitrogens with zero attached hydrogens (tertiary/aromatic N) is 1. The molecule has 1 aromatic carbocycles. The molecule has 2 heterocycles. The number of carboxylic acids is 1. The van der Waals surface area contributed by atoms with Crippen LogP contribution in [-0.4, -0.2) is 30.3 Å². The summed E-state index contributed by atoms with van der Waals surface area (Å²) < 4.78 is 44.6. The van der Waals surface area contributed by atoms with Crippen LogP contribution in [0.1, 0.15) is 22.9 Å². The highest BCUT2D eigenvalue weighted by molar-refractivity contribution is 7.88. The van der Waals surface area contributed by atoms with Crippen LogP contribution in [0.3, 0.4) is 0 Å². The quantitative estimate of drug-likeness (QED) is 0.919. The van der Waals surface area contributed by atoms with E-state index in [1.807, 2.05) is 0 Å². The van der Waals surface area contributed by atoms with Gasteiger partial charge in [-0.1, -0.05) is 12.1 Å². The molecule has 0 amide bonds. The summed E-state index contributed by atoms with van der Waals surface area (Å²) in [4.78, 5) is 11.6. The smallest absolute Gasteiger partial charge is 0.326 e. The number of rotatable bonds is 4. The maximum absolute atomic E-state index is 13.2. The van der Waals surface area contributed by atoms with E-state index >= 15 is 0 Å². The van der Waals surface area contributed by atoms with Gasteiger partial charge in [-0.2, -0.15) is 4.31 Å². The lowest BCUT2D eigenvalue weighted by Crippen LogP contribution is -2.43. The van der Waals surface area contributed by atoms with E-state index in [1.54, 1.807) is 0 Å². The Kier molecular flexibility index (Phi) is 3.95. The molecule has 0 bridgehead atoms. The van der Waals surface area contributed by atoms with Crippen molar-refractivity contribution in [2.45, 2.75) is 18.2 Å². The fourth-order valence-electron chi connectivity index (χ4n) is 2.77. The van der Waals surface area contributed by atoms with Crippen molar-refractivity contribution in [2.75, 3.05) is 6.54 Å². The molecule has 6 nitrogen and oxygen atoms in total. The van der Waals surface area contributed by atoms with E-state index in [4.69, 9.17) is 4.42 Å². The standard InChI is InChI=1S/C15H14FNO5S/c16-11-3-1-2-10(8-11)9-23(20,21)17-6-4-13-12(5-7-22-13)14(17)15(18)19/h1-3,5,7-8,14H,4,6,9H2,(H,18,19). The van der Waals surface area contributed by atoms with E-state index in [0.29, 0.717) is 17.7 Å². The number of carbonyl (C=O) groups is 1. The lowest BCUT2D eigenvalue weighted by Gasteiger charge is -2.31. The van der Waals surface area contributed by atoms with Gasteiger partial charge in [0.25, 0.3) is 0 Å². The van der Waals surface area contributed by atoms with Gasteiger partial charge < -0.3 is 9.52 Å². The third kappa shape index (κ3) is 2.99. The predicted octanol–water partition coefficient (Wildman–Crippen LogP) is 1.93. The molecule has 2 aromatic rings. The van der Waals surface area contributed by atoms with Gasteiger partial charge in [0.2, 0.25) is 10.0 Å². The summed E-state index contributed by atoms with van der Waals surface area (Å²) in [6, 6.07) is 5.40. The zero-order valence-electron chi connectivity index (χ0n) is 12.0. The van der Waals surface area contributed by atoms with Gasteiger partial charge in [-0.3, -0.25) is 4.79 Å². The van der Waals surface area contributed by atoms with Crippen LogP contribution in [0, 0.1) is 5.82 Å². The number of aliphatic carboxylic acids is 1. The van der Waals surface area contributed by atoms with Crippen LogP contribution in [-0.2, 0) is 27.0 Å². The number of sulfonamides is 1. The molecule has 8 heteroatoms. The van der Waals surface area contributed by atoms with Crippen LogP contribution < -0.4 is 0 Å². The van der Waals surface area contributed by atoms with E-state index in [-0.39, 0.29) is 12.1 Å². The highest BCUT2D eigenvalue weighted by Gasteiger charge is 2.41. The second-order valence-electron chi connectivity index (χ2n) is 5.29. The maximum Gasteiger partial charge on any atom is 0.326 e. The minimum Gasteiger partial charge on any atom is -0.480 e. The molecule has 23 heavy (non-hydrogen) atoms. The molecule has 0 spiro atoms. The van der Waals surface area contributed by atoms with Crippen LogP contribution >= 0.6 is 0 Å². The Morgan fingerprint density at radius 3 is 2.87 bits per heavy atom. The average Bonchev–Trinajstić information content (AvgIpc) is 2.93. The third-order valence-corrected chi connectivity index (χ3v) is 5.56. The van der Waals surface area contributed by atoms with Crippen molar-refractivity contribution in [1.29, 1.82) is 0 Å². The zero-order chi connectivity index (χ0) is 16.6. The van der Waals surface area contributed by atoms with Crippen LogP contribution in [0.2, 0.25) is 0 Å². The van der Waals surface area contributed by atoms with Crippen molar-refractivity contribution in [3.63, 3.8) is 0 Å². The van der Waals surface area contributed by atoms with Gasteiger partial charge in [0.15, 0.2) is 6.04 Å². The molecule has 1 aromatic heterocycles. The van der Waals surface area contributed by atoms with E-state index in [9.17, 15) is 22.7 Å². The molecule has 0 radical (unpaired) electrons. The monoisotopic (exact) mass is 339 g/mol. The minimum atomic E-state index is -3.92. The second kappa shape index (κ2) is 5.78. The molecule has 1 N–H and O–H groups in total. The first-order chi connectivity index (χ1) is 10.9. The predicted molar refractivity (Wildman–Crippen MR) is 78.5 cm³/mol. The summed E-state index contributed by atoms with van der Waals surface area (Å²) >= 11 is 0. The molecule has 1 unspecified atom stereocenters. The fraction of sp³-hybridized carbons (Fsp3) is 0.267. The normalized spacial score (nSPS) is 18.6. The van der Waals surface area contributed by atoms with Crippen molar-refractivity contribution in [1.82, 2.24) is 4.31 Å². The zero-order valence-corrected chi connectivity index (χ0v) is 12.8. The molecule has 1 aliphatic heterocycles. The Morgan fingerprint density at radius 1 is 1.39 bits per heavy atom. The average molecular weight is 339 g/mol. The van der Waals surface area contributed by atoms with Gasteiger partial charge in [0, 0.05) is 18.5 Å². The first-order valence-electron chi connectivity index (χ1n) is 6.91. The van der Waals surface area contributed by atoms with Crippen molar-refractivity contribution in [3.8, 4) is 0 Å². The van der Waals surface area contributed by atoms with Gasteiger partial charge in [-0.05, 0) is 23.8 Å². The summed E-state index contributed by atoms with van der Waals surface area (Å²) in [5.74, 6) is -1.78. The van der Waals surface area contributed by atoms with E-state index in [1.165, 1.54) is 30.5 Å². The number of benzene rings is 1. The maximum atomic E-state index is 13.2. The molecular formula is C15H14FNO5S. The molecule has 1 atom stereocenters. The summed E-state index contributed by atoms with van der Waals surface area (Å²) in [6.45, 7) is 0.00906. The highest BCUT2D eigenvalue weighted by atomic mass is 32.2. The molecule has 1 aliphatic rings. The first kappa shape index (κ1) is 15.7. The third-order valence-electron chi connectivity index (χ3n) is 3.75. The van der Waals surface area contributed by atoms with Gasteiger partial charge in [0.05, 0.1) is 12.0 Å². The van der Waals surface area contributed by atoms with Crippen LogP contribution in [0.25, 0.3) is 0 Å². The van der Waals surface area contributed by atoms with E-state index in [0.717, 1.165) is 10.4 Å². The Morgan fingerprint density at radius 2 is 2.17 bits per heavy atom. The Labute approximate surface area is 132 Å². The largest absolute Gasteiger partial charge is 0.480 e. The minimum absolute atomic E-state index is 0.00906. The summed E-state index contributed by atoms with van der Waals surface area (Å²) in [5.41, 5.74) is 0.610. The topological polar surface area (TPSA) is 87.8 Å². The molecule has 0 aliphatic carbocycles. The molecule has 0 saturated heterocycles. The van der Waals surface area contributed by atoms with Crippen molar-refractivity contribution < 1.29 is 27.1 Å². The highest BCUT2D eigenvalue weighted by Crippen LogP contribution is 2.33. The number of carboxylic acid groups (broad SMARTS) is 1. The lowest BCUT2D eigenvalue weighted by molar-refractivity contribution is -0.142. The van der Waals surface area contributed by atoms with Crippen LogP contribution in [0.5, 0.6) is 0 Å². The number of hydrogen-bond donors (Lipinski definition) is 1. The number of furan rings is 1. The number of hydrogen-bond acceptors (Lipinski definition) is 4. The summed E-state index contributed by atoms with van der Waals surface area (Å²) in [5, 5.41) is 9.44. The molecule has 0 fully saturated rings. The molecule has 3 rings (SSSR count). The summed E-state index contributed by atoms with van der Waals surface area (Å²) in [7, 11) is -3.92. The van der Waals surface area contributed by atoms with Crippen molar-refractivity contribution >= 4 is 16.0 Å². The Bertz CT molecular complexity index is 845. The van der Waals surface area contributed by atoms with Crippen LogP contribution in [0.15, 0.2) is 41.0 Å². The SMILES string of the molecule is O=C(O)C1c2ccoc2CCN1S(=O)(=O)Cc1cccc(F)c1. The van der Waals surface area contributed by atoms with Gasteiger partial charge in [-0.15, -0.1) is 0 Å². The number of fused-ring (bicyclic) bond motifs is 1. The van der Waals surface area contributed by atoms with Crippen molar-refractivity contribution in [2.24, 2.45) is 0 Å². The van der Waals surface area contributed by atoms with E-state index < -0.39 is 33.6 Å². The van der Waals surface area contributed by atoms with Crippen molar-refractivity contribution in [3.05, 3.63) is 59.3 Å². The fourth-order valence-corrected chi connectivity index (χ4v) is 4.43. The van der Waals surface area contributed by atoms with Gasteiger partial charge >= 0.3 is 5.97 Å². The summed E-state index contributed by atoms with van der Waals surface area (Å²) in [6.07, 6.45) is 1.65. The molecule has 122 valence electrons. The Balaban J connectivity index is 1.94. The lowest BCUT2D eigenvalue weighted by atomic mass is 10.0. The second-order valence-corrected chi connectivity index (χ2v) is 7.21. The van der Waals surface area contributed by atoms with Gasteiger partial charge in [-0.25, -0.2) is 12.8 Å². The Hall–Kier alpha value is -2.19. The number of halogens is 1. The van der Waals surface area contributed by atoms with E-state index in [2.05, 4.69) is 0 Å². The molecular weight excluding hydrogens is 325 g/mol. The van der Waals surface area contributed by atoms with Crippen LogP contribution in [0.4, 0.5) is 4.39 Å². The first-order valence-corrected chi connectivity index (χ1v) is 8.52.